The SMILES string of the molecule is Cc1ccc2nc(N3CCS(=O)(=O)c4ccccc4C3)nc(NCC3(N)CN(C(=O)OC(C)(C)C)C3)c2c1. The molecule has 1 amide bonds. The average Bonchev–Trinajstić information content (AvgIpc) is 2.95. The number of likely N-dealkylation sites (tertiary alicyclic amines) is 1. The Balaban J connectivity index is 1.39. The molecule has 1 saturated heterocycles. The first-order valence-corrected chi connectivity index (χ1v) is 14.3. The van der Waals surface area contributed by atoms with Gasteiger partial charge in [-0.2, -0.15) is 4.98 Å². The lowest BCUT2D eigenvalue weighted by Crippen LogP contribution is -2.71. The first-order valence-electron chi connectivity index (χ1n) is 12.7. The summed E-state index contributed by atoms with van der Waals surface area (Å²) in [6, 6.07) is 13.0. The number of aromatic nitrogens is 2. The molecule has 3 heterocycles. The molecule has 10 nitrogen and oxygen atoms in total. The summed E-state index contributed by atoms with van der Waals surface area (Å²) in [7, 11) is -3.40. The molecule has 1 aromatic heterocycles. The molecule has 3 N–H and O–H groups in total. The molecule has 0 atom stereocenters. The molecule has 0 aliphatic carbocycles. The number of hydrogen-bond donors (Lipinski definition) is 2. The molecule has 3 aromatic rings. The van der Waals surface area contributed by atoms with E-state index in [2.05, 4.69) is 5.32 Å². The molecule has 2 aliphatic rings. The summed E-state index contributed by atoms with van der Waals surface area (Å²) in [5.41, 5.74) is 7.91. The summed E-state index contributed by atoms with van der Waals surface area (Å²) in [6.07, 6.45) is -0.375. The zero-order valence-corrected chi connectivity index (χ0v) is 23.0. The summed E-state index contributed by atoms with van der Waals surface area (Å²) >= 11 is 0. The van der Waals surface area contributed by atoms with E-state index in [-0.39, 0.29) is 18.4 Å². The van der Waals surface area contributed by atoms with Crippen LogP contribution >= 0.6 is 0 Å². The van der Waals surface area contributed by atoms with Gasteiger partial charge in [-0.25, -0.2) is 18.2 Å². The van der Waals surface area contributed by atoms with Crippen LogP contribution in [-0.4, -0.2) is 72.5 Å². The van der Waals surface area contributed by atoms with E-state index in [1.54, 1.807) is 17.0 Å². The predicted octanol–water partition coefficient (Wildman–Crippen LogP) is 3.09. The normalized spacial score (nSPS) is 18.3. The molecule has 0 bridgehead atoms. The maximum Gasteiger partial charge on any atom is 0.410 e. The van der Waals surface area contributed by atoms with Crippen molar-refractivity contribution in [2.75, 3.05) is 42.1 Å². The minimum absolute atomic E-state index is 0.0194. The van der Waals surface area contributed by atoms with Gasteiger partial charge in [0.25, 0.3) is 0 Å². The lowest BCUT2D eigenvalue weighted by molar-refractivity contribution is -0.00559. The van der Waals surface area contributed by atoms with Crippen molar-refractivity contribution in [3.05, 3.63) is 53.6 Å². The van der Waals surface area contributed by atoms with Gasteiger partial charge in [0.1, 0.15) is 11.4 Å². The van der Waals surface area contributed by atoms with Crippen molar-refractivity contribution < 1.29 is 17.9 Å². The Morgan fingerprint density at radius 3 is 2.63 bits per heavy atom. The van der Waals surface area contributed by atoms with Crippen LogP contribution in [0.5, 0.6) is 0 Å². The van der Waals surface area contributed by atoms with E-state index in [9.17, 15) is 13.2 Å². The topological polar surface area (TPSA) is 131 Å². The first-order chi connectivity index (χ1) is 17.8. The van der Waals surface area contributed by atoms with E-state index in [0.29, 0.717) is 42.8 Å². The minimum Gasteiger partial charge on any atom is -0.444 e. The highest BCUT2D eigenvalue weighted by Gasteiger charge is 2.43. The van der Waals surface area contributed by atoms with Crippen LogP contribution in [0.3, 0.4) is 0 Å². The van der Waals surface area contributed by atoms with Crippen molar-refractivity contribution in [1.29, 1.82) is 0 Å². The van der Waals surface area contributed by atoms with Gasteiger partial charge in [0.15, 0.2) is 9.84 Å². The fourth-order valence-electron chi connectivity index (χ4n) is 4.78. The molecule has 2 aliphatic heterocycles. The summed E-state index contributed by atoms with van der Waals surface area (Å²) in [6.45, 7) is 9.29. The van der Waals surface area contributed by atoms with Gasteiger partial charge in [-0.05, 0) is 51.5 Å². The van der Waals surface area contributed by atoms with Gasteiger partial charge in [-0.1, -0.05) is 29.8 Å². The van der Waals surface area contributed by atoms with Crippen LogP contribution < -0.4 is 16.0 Å². The van der Waals surface area contributed by atoms with E-state index in [4.69, 9.17) is 20.4 Å². The largest absolute Gasteiger partial charge is 0.444 e. The number of nitrogens with zero attached hydrogens (tertiary/aromatic N) is 4. The molecule has 5 rings (SSSR count). The van der Waals surface area contributed by atoms with Crippen molar-refractivity contribution in [1.82, 2.24) is 14.9 Å². The number of anilines is 2. The third-order valence-electron chi connectivity index (χ3n) is 6.69. The Morgan fingerprint density at radius 2 is 1.89 bits per heavy atom. The Labute approximate surface area is 223 Å². The van der Waals surface area contributed by atoms with Crippen molar-refractivity contribution >= 4 is 38.6 Å². The number of nitrogens with two attached hydrogens (primary N) is 1. The third kappa shape index (κ3) is 5.39. The molecular formula is C27H34N6O4S. The molecular weight excluding hydrogens is 504 g/mol. The van der Waals surface area contributed by atoms with Crippen LogP contribution in [0.4, 0.5) is 16.6 Å². The van der Waals surface area contributed by atoms with Crippen LogP contribution in [0.15, 0.2) is 47.4 Å². The maximum absolute atomic E-state index is 12.9. The zero-order valence-electron chi connectivity index (χ0n) is 22.2. The minimum atomic E-state index is -3.40. The number of ether oxygens (including phenoxy) is 1. The van der Waals surface area contributed by atoms with Crippen molar-refractivity contribution in [3.8, 4) is 0 Å². The van der Waals surface area contributed by atoms with Gasteiger partial charge in [0.2, 0.25) is 5.95 Å². The van der Waals surface area contributed by atoms with Crippen LogP contribution in [0.25, 0.3) is 10.9 Å². The number of hydrogen-bond acceptors (Lipinski definition) is 9. The second kappa shape index (κ2) is 9.39. The van der Waals surface area contributed by atoms with E-state index >= 15 is 0 Å². The summed E-state index contributed by atoms with van der Waals surface area (Å²) < 4.78 is 31.2. The quantitative estimate of drug-likeness (QED) is 0.514. The highest BCUT2D eigenvalue weighted by Crippen LogP contribution is 2.30. The van der Waals surface area contributed by atoms with E-state index in [0.717, 1.165) is 22.0 Å². The molecule has 11 heteroatoms. The summed E-state index contributed by atoms with van der Waals surface area (Å²) in [4.78, 5) is 25.8. The number of fused-ring (bicyclic) bond motifs is 2. The maximum atomic E-state index is 12.9. The van der Waals surface area contributed by atoms with Crippen molar-refractivity contribution in [3.63, 3.8) is 0 Å². The number of amides is 1. The lowest BCUT2D eigenvalue weighted by atomic mass is 9.91. The number of nitrogens with one attached hydrogen (secondary N) is 1. The molecule has 0 saturated carbocycles. The van der Waals surface area contributed by atoms with Crippen LogP contribution in [0.2, 0.25) is 0 Å². The van der Waals surface area contributed by atoms with Crippen molar-refractivity contribution in [2.24, 2.45) is 5.73 Å². The fraction of sp³-hybridized carbons (Fsp3) is 0.444. The average molecular weight is 539 g/mol. The molecule has 2 aromatic carbocycles. The van der Waals surface area contributed by atoms with Gasteiger partial charge in [-0.15, -0.1) is 0 Å². The number of carbonyl (C=O) groups is 1. The number of aryl methyl sites for hydroxylation is 1. The lowest BCUT2D eigenvalue weighted by Gasteiger charge is -2.47. The van der Waals surface area contributed by atoms with Gasteiger partial charge >= 0.3 is 6.09 Å². The zero-order chi connectivity index (χ0) is 27.3. The fourth-order valence-corrected chi connectivity index (χ4v) is 6.28. The predicted molar refractivity (Wildman–Crippen MR) is 147 cm³/mol. The molecule has 38 heavy (non-hydrogen) atoms. The van der Waals surface area contributed by atoms with Gasteiger partial charge in [0.05, 0.1) is 21.7 Å². The van der Waals surface area contributed by atoms with E-state index in [1.807, 2.05) is 62.9 Å². The second-order valence-electron chi connectivity index (χ2n) is 11.3. The first kappa shape index (κ1) is 26.2. The van der Waals surface area contributed by atoms with Crippen LogP contribution in [0.1, 0.15) is 31.9 Å². The second-order valence-corrected chi connectivity index (χ2v) is 13.4. The number of benzene rings is 2. The van der Waals surface area contributed by atoms with Gasteiger partial charge in [-0.3, -0.25) is 0 Å². The Bertz CT molecular complexity index is 1500. The summed E-state index contributed by atoms with van der Waals surface area (Å²) in [5.74, 6) is 1.05. The van der Waals surface area contributed by atoms with Gasteiger partial charge in [0, 0.05) is 38.1 Å². The number of sulfone groups is 1. The molecule has 1 fully saturated rings. The monoisotopic (exact) mass is 538 g/mol. The molecule has 202 valence electrons. The molecule has 0 spiro atoms. The standard InChI is InChI=1S/C27H34N6O4S/c1-18-9-10-21-20(13-18)23(29-15-27(28)16-33(17-27)25(34)37-26(2,3)4)31-24(30-21)32-11-12-38(35,36)22-8-6-5-7-19(22)14-32/h5-10,13H,11-12,14-17,28H2,1-4H3,(H,29,30,31). The molecule has 0 radical (unpaired) electrons. The molecule has 0 unspecified atom stereocenters. The van der Waals surface area contributed by atoms with E-state index < -0.39 is 21.0 Å². The van der Waals surface area contributed by atoms with Crippen LogP contribution in [0, 0.1) is 6.92 Å². The Kier molecular flexibility index (Phi) is 6.47. The highest BCUT2D eigenvalue weighted by molar-refractivity contribution is 7.91. The van der Waals surface area contributed by atoms with Crippen molar-refractivity contribution in [2.45, 2.75) is 50.3 Å². The highest BCUT2D eigenvalue weighted by atomic mass is 32.2. The van der Waals surface area contributed by atoms with E-state index in [1.165, 1.54) is 0 Å². The van der Waals surface area contributed by atoms with Crippen LogP contribution in [-0.2, 0) is 21.1 Å². The smallest absolute Gasteiger partial charge is 0.410 e. The number of rotatable bonds is 4. The summed E-state index contributed by atoms with van der Waals surface area (Å²) in [5, 5.41) is 4.25. The Hall–Kier alpha value is -3.44. The Morgan fingerprint density at radius 1 is 1.16 bits per heavy atom. The van der Waals surface area contributed by atoms with Gasteiger partial charge < -0.3 is 25.6 Å². The number of carbonyl (C=O) groups excluding carboxylic acids is 1. The third-order valence-corrected chi connectivity index (χ3v) is 8.48.